The van der Waals surface area contributed by atoms with Crippen molar-refractivity contribution >= 4 is 12.1 Å². The smallest absolute Gasteiger partial charge is 0.132 e. The van der Waals surface area contributed by atoms with E-state index in [4.69, 9.17) is 0 Å². The molecule has 0 aliphatic carbocycles. The molecule has 70 valence electrons. The third-order valence-corrected chi connectivity index (χ3v) is 1.92. The average molecular weight is 170 g/mol. The van der Waals surface area contributed by atoms with E-state index in [1.165, 1.54) is 0 Å². The Morgan fingerprint density at radius 3 is 2.58 bits per heavy atom. The van der Waals surface area contributed by atoms with E-state index in [0.29, 0.717) is 25.0 Å². The molecular formula is C10H18O2. The summed E-state index contributed by atoms with van der Waals surface area (Å²) in [5, 5.41) is 0. The number of aldehydes is 1. The van der Waals surface area contributed by atoms with Gasteiger partial charge in [0.2, 0.25) is 0 Å². The molecular weight excluding hydrogens is 152 g/mol. The van der Waals surface area contributed by atoms with Crippen molar-refractivity contribution in [2.75, 3.05) is 0 Å². The molecule has 0 heterocycles. The number of carbonyl (C=O) groups excluding carboxylic acids is 2. The predicted molar refractivity (Wildman–Crippen MR) is 49.0 cm³/mol. The highest BCUT2D eigenvalue weighted by molar-refractivity contribution is 5.78. The van der Waals surface area contributed by atoms with Gasteiger partial charge in [-0.1, -0.05) is 20.3 Å². The quantitative estimate of drug-likeness (QED) is 0.550. The van der Waals surface area contributed by atoms with Crippen LogP contribution in [0.2, 0.25) is 0 Å². The van der Waals surface area contributed by atoms with E-state index >= 15 is 0 Å². The summed E-state index contributed by atoms with van der Waals surface area (Å²) in [6, 6.07) is 0. The monoisotopic (exact) mass is 170 g/mol. The number of hydrogen-bond donors (Lipinski definition) is 0. The van der Waals surface area contributed by atoms with Crippen LogP contribution in [-0.4, -0.2) is 12.1 Å². The van der Waals surface area contributed by atoms with Crippen LogP contribution in [-0.2, 0) is 9.59 Å². The molecule has 2 nitrogen and oxygen atoms in total. The molecule has 2 heteroatoms. The molecule has 1 atom stereocenters. The lowest BCUT2D eigenvalue weighted by molar-refractivity contribution is -0.119. The maximum atomic E-state index is 11.1. The molecule has 0 fully saturated rings. The molecule has 0 aromatic heterocycles. The summed E-state index contributed by atoms with van der Waals surface area (Å²) < 4.78 is 0. The predicted octanol–water partition coefficient (Wildman–Crippen LogP) is 2.36. The Kier molecular flexibility index (Phi) is 6.63. The van der Waals surface area contributed by atoms with E-state index in [0.717, 1.165) is 19.1 Å². The summed E-state index contributed by atoms with van der Waals surface area (Å²) >= 11 is 0. The number of ketones is 1. The summed E-state index contributed by atoms with van der Waals surface area (Å²) in [6.07, 6.45) is 4.92. The number of unbranched alkanes of at least 4 members (excludes halogenated alkanes) is 1. The average Bonchev–Trinajstić information content (AvgIpc) is 2.10. The number of rotatable bonds is 7. The van der Waals surface area contributed by atoms with Crippen LogP contribution in [0.1, 0.15) is 46.0 Å². The largest absolute Gasteiger partial charge is 0.303 e. The highest BCUT2D eigenvalue weighted by Crippen LogP contribution is 2.06. The zero-order chi connectivity index (χ0) is 9.40. The Balaban J connectivity index is 3.36. The minimum Gasteiger partial charge on any atom is -0.303 e. The van der Waals surface area contributed by atoms with Gasteiger partial charge in [0.25, 0.3) is 0 Å². The van der Waals surface area contributed by atoms with E-state index in [2.05, 4.69) is 6.92 Å². The van der Waals surface area contributed by atoms with Crippen molar-refractivity contribution in [3.8, 4) is 0 Å². The lowest BCUT2D eigenvalue weighted by Crippen LogP contribution is -2.02. The zero-order valence-electron chi connectivity index (χ0n) is 8.01. The standard InChI is InChI=1S/C10H18O2/c1-3-4-5-10(12)7-6-9(2)8-11/h8-9H,3-7H2,1-2H3. The van der Waals surface area contributed by atoms with Crippen LogP contribution in [0.15, 0.2) is 0 Å². The SMILES string of the molecule is CCCCC(=O)CCC(C)C=O. The Bertz CT molecular complexity index is 141. The number of Topliss-reactive ketones (excluding diaryl/α,β-unsaturated/α-hetero) is 1. The van der Waals surface area contributed by atoms with Gasteiger partial charge in [0.05, 0.1) is 0 Å². The second kappa shape index (κ2) is 7.01. The van der Waals surface area contributed by atoms with Crippen LogP contribution in [0, 0.1) is 5.92 Å². The first-order valence-electron chi connectivity index (χ1n) is 4.67. The molecule has 0 aliphatic rings. The molecule has 12 heavy (non-hydrogen) atoms. The van der Waals surface area contributed by atoms with Crippen molar-refractivity contribution in [3.63, 3.8) is 0 Å². The van der Waals surface area contributed by atoms with E-state index < -0.39 is 0 Å². The van der Waals surface area contributed by atoms with Gasteiger partial charge < -0.3 is 4.79 Å². The van der Waals surface area contributed by atoms with E-state index in [1.54, 1.807) is 0 Å². The molecule has 0 rings (SSSR count). The summed E-state index contributed by atoms with van der Waals surface area (Å²) in [5.41, 5.74) is 0. The molecule has 0 spiro atoms. The van der Waals surface area contributed by atoms with E-state index in [-0.39, 0.29) is 5.92 Å². The third kappa shape index (κ3) is 6.08. The van der Waals surface area contributed by atoms with E-state index in [9.17, 15) is 9.59 Å². The fourth-order valence-electron chi connectivity index (χ4n) is 0.956. The van der Waals surface area contributed by atoms with E-state index in [1.807, 2.05) is 6.92 Å². The fraction of sp³-hybridized carbons (Fsp3) is 0.800. The second-order valence-corrected chi connectivity index (χ2v) is 3.29. The molecule has 0 amide bonds. The van der Waals surface area contributed by atoms with Crippen LogP contribution < -0.4 is 0 Å². The summed E-state index contributed by atoms with van der Waals surface area (Å²) in [4.78, 5) is 21.3. The Morgan fingerprint density at radius 2 is 2.08 bits per heavy atom. The lowest BCUT2D eigenvalue weighted by Gasteiger charge is -2.01. The van der Waals surface area contributed by atoms with Crippen molar-refractivity contribution in [3.05, 3.63) is 0 Å². The highest BCUT2D eigenvalue weighted by Gasteiger charge is 2.04. The molecule has 0 saturated carbocycles. The fourth-order valence-corrected chi connectivity index (χ4v) is 0.956. The highest BCUT2D eigenvalue weighted by atomic mass is 16.1. The maximum absolute atomic E-state index is 11.1. The molecule has 0 aromatic carbocycles. The van der Waals surface area contributed by atoms with Gasteiger partial charge in [-0.05, 0) is 12.8 Å². The summed E-state index contributed by atoms with van der Waals surface area (Å²) in [5.74, 6) is 0.334. The Labute approximate surface area is 74.3 Å². The van der Waals surface area contributed by atoms with Crippen molar-refractivity contribution in [2.45, 2.75) is 46.0 Å². The van der Waals surface area contributed by atoms with Crippen LogP contribution in [0.5, 0.6) is 0 Å². The number of hydrogen-bond acceptors (Lipinski definition) is 2. The van der Waals surface area contributed by atoms with Gasteiger partial charge >= 0.3 is 0 Å². The number of carbonyl (C=O) groups is 2. The van der Waals surface area contributed by atoms with Crippen LogP contribution >= 0.6 is 0 Å². The first-order chi connectivity index (χ1) is 5.70. The van der Waals surface area contributed by atoms with Gasteiger partial charge in [-0.25, -0.2) is 0 Å². The van der Waals surface area contributed by atoms with Crippen LogP contribution in [0.3, 0.4) is 0 Å². The Morgan fingerprint density at radius 1 is 1.42 bits per heavy atom. The van der Waals surface area contributed by atoms with Gasteiger partial charge in [0.15, 0.2) is 0 Å². The maximum Gasteiger partial charge on any atom is 0.132 e. The molecule has 0 bridgehead atoms. The van der Waals surface area contributed by atoms with Crippen LogP contribution in [0.25, 0.3) is 0 Å². The third-order valence-electron chi connectivity index (χ3n) is 1.92. The zero-order valence-corrected chi connectivity index (χ0v) is 8.01. The van der Waals surface area contributed by atoms with Crippen molar-refractivity contribution < 1.29 is 9.59 Å². The Hall–Kier alpha value is -0.660. The molecule has 0 radical (unpaired) electrons. The molecule has 0 aromatic rings. The van der Waals surface area contributed by atoms with Crippen molar-refractivity contribution in [1.82, 2.24) is 0 Å². The minimum atomic E-state index is 0.0376. The lowest BCUT2D eigenvalue weighted by atomic mass is 10.0. The summed E-state index contributed by atoms with van der Waals surface area (Å²) in [7, 11) is 0. The van der Waals surface area contributed by atoms with Gasteiger partial charge in [0.1, 0.15) is 12.1 Å². The minimum absolute atomic E-state index is 0.0376. The molecule has 1 unspecified atom stereocenters. The topological polar surface area (TPSA) is 34.1 Å². The molecule has 0 aliphatic heterocycles. The molecule has 0 saturated heterocycles. The first kappa shape index (κ1) is 11.3. The normalized spacial score (nSPS) is 12.5. The van der Waals surface area contributed by atoms with Gasteiger partial charge in [0, 0.05) is 18.8 Å². The van der Waals surface area contributed by atoms with Crippen molar-refractivity contribution in [2.24, 2.45) is 5.92 Å². The van der Waals surface area contributed by atoms with Gasteiger partial charge in [-0.3, -0.25) is 4.79 Å². The second-order valence-electron chi connectivity index (χ2n) is 3.29. The summed E-state index contributed by atoms with van der Waals surface area (Å²) in [6.45, 7) is 3.92. The van der Waals surface area contributed by atoms with Gasteiger partial charge in [-0.2, -0.15) is 0 Å². The molecule has 0 N–H and O–H groups in total. The van der Waals surface area contributed by atoms with Crippen molar-refractivity contribution in [1.29, 1.82) is 0 Å². The van der Waals surface area contributed by atoms with Crippen LogP contribution in [0.4, 0.5) is 0 Å². The van der Waals surface area contributed by atoms with Gasteiger partial charge in [-0.15, -0.1) is 0 Å². The first-order valence-corrected chi connectivity index (χ1v) is 4.67.